The topological polar surface area (TPSA) is 56.7 Å². The number of hydrogen-bond acceptors (Lipinski definition) is 3. The molecule has 0 aliphatic rings. The highest BCUT2D eigenvalue weighted by Crippen LogP contribution is 2.24. The van der Waals surface area contributed by atoms with Gasteiger partial charge < -0.3 is 10.3 Å². The lowest BCUT2D eigenvalue weighted by Gasteiger charge is -2.08. The van der Waals surface area contributed by atoms with Gasteiger partial charge in [0, 0.05) is 18.3 Å². The van der Waals surface area contributed by atoms with Gasteiger partial charge in [-0.25, -0.2) is 9.97 Å². The molecule has 3 aromatic rings. The molecular formula is C16H18N4. The van der Waals surface area contributed by atoms with Crippen LogP contribution in [0.15, 0.2) is 42.6 Å². The maximum atomic E-state index is 5.64. The molecule has 0 saturated carbocycles. The van der Waals surface area contributed by atoms with Crippen LogP contribution in [0.2, 0.25) is 0 Å². The number of hydrogen-bond donors (Lipinski definition) is 1. The lowest BCUT2D eigenvalue weighted by atomic mass is 10.1. The molecule has 0 unspecified atom stereocenters. The van der Waals surface area contributed by atoms with Gasteiger partial charge in [0.1, 0.15) is 11.3 Å². The zero-order valence-corrected chi connectivity index (χ0v) is 11.6. The van der Waals surface area contributed by atoms with Gasteiger partial charge in [-0.3, -0.25) is 0 Å². The van der Waals surface area contributed by atoms with E-state index in [9.17, 15) is 0 Å². The van der Waals surface area contributed by atoms with E-state index in [1.807, 2.05) is 18.3 Å². The molecule has 0 aliphatic carbocycles. The molecule has 0 amide bonds. The number of nitrogens with zero attached hydrogens (tertiary/aromatic N) is 3. The summed E-state index contributed by atoms with van der Waals surface area (Å²) in [6.45, 7) is 3.59. The molecule has 0 saturated heterocycles. The maximum Gasteiger partial charge on any atom is 0.160 e. The Bertz CT molecular complexity index is 713. The van der Waals surface area contributed by atoms with Gasteiger partial charge in [-0.15, -0.1) is 0 Å². The van der Waals surface area contributed by atoms with Crippen LogP contribution in [0.5, 0.6) is 0 Å². The molecule has 0 aliphatic heterocycles. The lowest BCUT2D eigenvalue weighted by Crippen LogP contribution is -2.07. The van der Waals surface area contributed by atoms with Crippen LogP contribution in [0.25, 0.3) is 22.6 Å². The van der Waals surface area contributed by atoms with Gasteiger partial charge in [0.2, 0.25) is 0 Å². The van der Waals surface area contributed by atoms with Crippen molar-refractivity contribution in [3.8, 4) is 11.4 Å². The Balaban J connectivity index is 2.15. The third-order valence-corrected chi connectivity index (χ3v) is 3.40. The van der Waals surface area contributed by atoms with Crippen molar-refractivity contribution < 1.29 is 0 Å². The van der Waals surface area contributed by atoms with Crippen LogP contribution in [0, 0.1) is 6.92 Å². The third-order valence-electron chi connectivity index (χ3n) is 3.40. The zero-order chi connectivity index (χ0) is 13.9. The Morgan fingerprint density at radius 2 is 1.95 bits per heavy atom. The molecule has 0 radical (unpaired) electrons. The van der Waals surface area contributed by atoms with E-state index in [2.05, 4.69) is 40.7 Å². The molecule has 2 N–H and O–H groups in total. The van der Waals surface area contributed by atoms with E-state index in [1.54, 1.807) is 0 Å². The van der Waals surface area contributed by atoms with E-state index in [0.29, 0.717) is 6.54 Å². The van der Waals surface area contributed by atoms with Crippen LogP contribution in [0.3, 0.4) is 0 Å². The summed E-state index contributed by atoms with van der Waals surface area (Å²) in [6, 6.07) is 12.3. The molecule has 102 valence electrons. The number of pyridine rings is 1. The Kier molecular flexibility index (Phi) is 3.48. The SMILES string of the molecule is Cc1ccc(-c2nc3cccnc3n2CCCN)cc1. The average molecular weight is 266 g/mol. The summed E-state index contributed by atoms with van der Waals surface area (Å²) >= 11 is 0. The first-order valence-electron chi connectivity index (χ1n) is 6.88. The van der Waals surface area contributed by atoms with Gasteiger partial charge >= 0.3 is 0 Å². The smallest absolute Gasteiger partial charge is 0.160 e. The number of aryl methyl sites for hydroxylation is 2. The second-order valence-corrected chi connectivity index (χ2v) is 4.94. The highest BCUT2D eigenvalue weighted by molar-refractivity contribution is 5.77. The molecule has 4 nitrogen and oxygen atoms in total. The van der Waals surface area contributed by atoms with Gasteiger partial charge in [0.05, 0.1) is 0 Å². The van der Waals surface area contributed by atoms with E-state index >= 15 is 0 Å². The fraction of sp³-hybridized carbons (Fsp3) is 0.250. The van der Waals surface area contributed by atoms with Crippen molar-refractivity contribution >= 4 is 11.2 Å². The fourth-order valence-electron chi connectivity index (χ4n) is 2.34. The molecule has 3 rings (SSSR count). The van der Waals surface area contributed by atoms with Crippen molar-refractivity contribution in [3.63, 3.8) is 0 Å². The quantitative estimate of drug-likeness (QED) is 0.790. The Morgan fingerprint density at radius 3 is 2.70 bits per heavy atom. The van der Waals surface area contributed by atoms with E-state index in [4.69, 9.17) is 10.7 Å². The summed E-state index contributed by atoms with van der Waals surface area (Å²) in [5.41, 5.74) is 9.86. The predicted molar refractivity (Wildman–Crippen MR) is 81.4 cm³/mol. The van der Waals surface area contributed by atoms with E-state index in [1.165, 1.54) is 5.56 Å². The molecule has 4 heteroatoms. The van der Waals surface area contributed by atoms with Crippen molar-refractivity contribution in [2.24, 2.45) is 5.73 Å². The van der Waals surface area contributed by atoms with Crippen LogP contribution in [-0.2, 0) is 6.54 Å². The van der Waals surface area contributed by atoms with Crippen LogP contribution < -0.4 is 5.73 Å². The van der Waals surface area contributed by atoms with Crippen molar-refractivity contribution in [3.05, 3.63) is 48.2 Å². The van der Waals surface area contributed by atoms with Crippen molar-refractivity contribution in [1.82, 2.24) is 14.5 Å². The number of aromatic nitrogens is 3. The fourth-order valence-corrected chi connectivity index (χ4v) is 2.34. The zero-order valence-electron chi connectivity index (χ0n) is 11.6. The van der Waals surface area contributed by atoms with Gasteiger partial charge in [0.25, 0.3) is 0 Å². The number of fused-ring (bicyclic) bond motifs is 1. The standard InChI is InChI=1S/C16H18N4/c1-12-5-7-13(8-6-12)15-19-14-4-2-10-18-16(14)20(15)11-3-9-17/h2,4-8,10H,3,9,11,17H2,1H3. The minimum absolute atomic E-state index is 0.667. The predicted octanol–water partition coefficient (Wildman–Crippen LogP) is 2.76. The molecule has 0 fully saturated rings. The summed E-state index contributed by atoms with van der Waals surface area (Å²) in [5.74, 6) is 0.965. The van der Waals surface area contributed by atoms with Gasteiger partial charge in [-0.05, 0) is 32.0 Å². The monoisotopic (exact) mass is 266 g/mol. The molecule has 0 spiro atoms. The molecule has 2 aromatic heterocycles. The average Bonchev–Trinajstić information content (AvgIpc) is 2.84. The molecule has 0 bridgehead atoms. The van der Waals surface area contributed by atoms with Crippen molar-refractivity contribution in [2.45, 2.75) is 19.9 Å². The lowest BCUT2D eigenvalue weighted by molar-refractivity contribution is 0.667. The highest BCUT2D eigenvalue weighted by atomic mass is 15.1. The summed E-state index contributed by atoms with van der Waals surface area (Å²) in [6.07, 6.45) is 2.72. The number of imidazole rings is 1. The molecule has 0 atom stereocenters. The molecule has 2 heterocycles. The molecular weight excluding hydrogens is 248 g/mol. The van der Waals surface area contributed by atoms with Crippen molar-refractivity contribution in [1.29, 1.82) is 0 Å². The summed E-state index contributed by atoms with van der Waals surface area (Å²) in [7, 11) is 0. The normalized spacial score (nSPS) is 11.1. The molecule has 20 heavy (non-hydrogen) atoms. The Hall–Kier alpha value is -2.20. The van der Waals surface area contributed by atoms with Crippen LogP contribution >= 0.6 is 0 Å². The second kappa shape index (κ2) is 5.43. The van der Waals surface area contributed by atoms with Crippen molar-refractivity contribution in [2.75, 3.05) is 6.54 Å². The van der Waals surface area contributed by atoms with Crippen LogP contribution in [0.1, 0.15) is 12.0 Å². The van der Waals surface area contributed by atoms with Crippen LogP contribution in [-0.4, -0.2) is 21.1 Å². The Labute approximate surface area is 118 Å². The van der Waals surface area contributed by atoms with Gasteiger partial charge in [0.15, 0.2) is 5.65 Å². The summed E-state index contributed by atoms with van der Waals surface area (Å²) in [5, 5.41) is 0. The number of rotatable bonds is 4. The molecule has 1 aromatic carbocycles. The van der Waals surface area contributed by atoms with E-state index in [0.717, 1.165) is 35.5 Å². The maximum absolute atomic E-state index is 5.64. The first-order chi connectivity index (χ1) is 9.79. The van der Waals surface area contributed by atoms with Gasteiger partial charge in [-0.1, -0.05) is 29.8 Å². The Morgan fingerprint density at radius 1 is 1.15 bits per heavy atom. The van der Waals surface area contributed by atoms with E-state index in [-0.39, 0.29) is 0 Å². The van der Waals surface area contributed by atoms with Crippen LogP contribution in [0.4, 0.5) is 0 Å². The summed E-state index contributed by atoms with van der Waals surface area (Å²) in [4.78, 5) is 9.18. The first kappa shape index (κ1) is 12.8. The minimum atomic E-state index is 0.667. The highest BCUT2D eigenvalue weighted by Gasteiger charge is 2.12. The second-order valence-electron chi connectivity index (χ2n) is 4.94. The largest absolute Gasteiger partial charge is 0.330 e. The third kappa shape index (κ3) is 2.30. The number of benzene rings is 1. The number of nitrogens with two attached hydrogens (primary N) is 1. The van der Waals surface area contributed by atoms with Gasteiger partial charge in [-0.2, -0.15) is 0 Å². The summed E-state index contributed by atoms with van der Waals surface area (Å²) < 4.78 is 2.16. The van der Waals surface area contributed by atoms with E-state index < -0.39 is 0 Å². The minimum Gasteiger partial charge on any atom is -0.330 e. The first-order valence-corrected chi connectivity index (χ1v) is 6.88.